The number of rotatable bonds is 4. The van der Waals surface area contributed by atoms with Gasteiger partial charge in [-0.05, 0) is 51.8 Å². The third-order valence-corrected chi connectivity index (χ3v) is 8.09. The van der Waals surface area contributed by atoms with Gasteiger partial charge in [0.2, 0.25) is 0 Å². The molecule has 36 heavy (non-hydrogen) atoms. The average molecular weight is 534 g/mol. The number of furan rings is 1. The zero-order chi connectivity index (χ0) is 26.5. The Morgan fingerprint density at radius 2 is 1.94 bits per heavy atom. The van der Waals surface area contributed by atoms with Crippen molar-refractivity contribution in [2.45, 2.75) is 44.6 Å². The van der Waals surface area contributed by atoms with Crippen molar-refractivity contribution >= 4 is 38.9 Å². The largest absolute Gasteiger partial charge is 0.472 e. The van der Waals surface area contributed by atoms with Crippen LogP contribution in [0.25, 0.3) is 22.2 Å². The number of aromatic nitrogens is 2. The molecule has 4 rings (SSSR count). The second-order valence-electron chi connectivity index (χ2n) is 9.98. The lowest BCUT2D eigenvalue weighted by Gasteiger charge is -2.37. The van der Waals surface area contributed by atoms with E-state index in [0.717, 1.165) is 8.28 Å². The summed E-state index contributed by atoms with van der Waals surface area (Å²) in [6, 6.07) is 7.26. The molecule has 12 heteroatoms. The predicted molar refractivity (Wildman–Crippen MR) is 135 cm³/mol. The summed E-state index contributed by atoms with van der Waals surface area (Å²) in [6.07, 6.45) is 2.91. The molecule has 1 aromatic carbocycles. The Bertz CT molecular complexity index is 1440. The molecule has 1 amide bonds. The Morgan fingerprint density at radius 1 is 1.28 bits per heavy atom. The van der Waals surface area contributed by atoms with Gasteiger partial charge >= 0.3 is 16.3 Å². The van der Waals surface area contributed by atoms with E-state index in [4.69, 9.17) is 25.7 Å². The fourth-order valence-corrected chi connectivity index (χ4v) is 5.60. The molecule has 10 nitrogen and oxygen atoms in total. The summed E-state index contributed by atoms with van der Waals surface area (Å²) in [5.74, 6) is 0.0875. The number of likely N-dealkylation sites (tertiary alicyclic amines) is 1. The van der Waals surface area contributed by atoms with Crippen LogP contribution in [0.2, 0.25) is 5.02 Å². The number of imidazole rings is 1. The van der Waals surface area contributed by atoms with Crippen molar-refractivity contribution in [2.75, 3.05) is 27.2 Å². The van der Waals surface area contributed by atoms with Gasteiger partial charge in [0.05, 0.1) is 29.6 Å². The molecule has 0 N–H and O–H groups in total. The topological polar surface area (TPSA) is 122 Å². The molecule has 1 fully saturated rings. The maximum absolute atomic E-state index is 13.6. The van der Waals surface area contributed by atoms with Gasteiger partial charge in [0.25, 0.3) is 0 Å². The average Bonchev–Trinajstić information content (AvgIpc) is 3.46. The number of hydrogen-bond donors (Lipinski definition) is 0. The van der Waals surface area contributed by atoms with Crippen LogP contribution in [-0.4, -0.2) is 65.5 Å². The van der Waals surface area contributed by atoms with E-state index < -0.39 is 27.3 Å². The normalized spacial score (nSPS) is 16.3. The molecule has 3 heterocycles. The van der Waals surface area contributed by atoms with Gasteiger partial charge in [-0.2, -0.15) is 18.0 Å². The maximum atomic E-state index is 13.6. The second-order valence-corrected chi connectivity index (χ2v) is 12.4. The van der Waals surface area contributed by atoms with Crippen molar-refractivity contribution in [2.24, 2.45) is 0 Å². The molecule has 1 aliphatic rings. The molecule has 192 valence electrons. The van der Waals surface area contributed by atoms with Crippen molar-refractivity contribution in [3.05, 3.63) is 41.6 Å². The van der Waals surface area contributed by atoms with Gasteiger partial charge in [-0.25, -0.2) is 13.8 Å². The van der Waals surface area contributed by atoms with E-state index in [1.54, 1.807) is 32.9 Å². The van der Waals surface area contributed by atoms with Crippen molar-refractivity contribution < 1.29 is 22.4 Å². The Labute approximate surface area is 215 Å². The van der Waals surface area contributed by atoms with Gasteiger partial charge in [-0.3, -0.25) is 0 Å². The molecular formula is C24H28ClN5O5S. The smallest absolute Gasteiger partial charge is 0.410 e. The van der Waals surface area contributed by atoms with E-state index in [2.05, 4.69) is 6.07 Å². The summed E-state index contributed by atoms with van der Waals surface area (Å²) < 4.78 is 40.0. The van der Waals surface area contributed by atoms with Crippen molar-refractivity contribution in [1.29, 1.82) is 5.26 Å². The van der Waals surface area contributed by atoms with E-state index in [9.17, 15) is 18.5 Å². The number of nitrogens with zero attached hydrogens (tertiary/aromatic N) is 5. The molecule has 1 saturated heterocycles. The third-order valence-electron chi connectivity index (χ3n) is 6.12. The van der Waals surface area contributed by atoms with Crippen LogP contribution in [0.4, 0.5) is 4.79 Å². The highest BCUT2D eigenvalue weighted by Gasteiger charge is 2.45. The number of benzene rings is 1. The molecular weight excluding hydrogens is 506 g/mol. The summed E-state index contributed by atoms with van der Waals surface area (Å²) >= 11 is 6.41. The Kier molecular flexibility index (Phi) is 6.58. The number of nitriles is 1. The number of ether oxygens (including phenoxy) is 1. The molecule has 0 spiro atoms. The minimum Gasteiger partial charge on any atom is -0.472 e. The zero-order valence-corrected chi connectivity index (χ0v) is 22.4. The first-order chi connectivity index (χ1) is 16.8. The number of carbonyl (C=O) groups excluding carboxylic acids is 1. The lowest BCUT2D eigenvalue weighted by Crippen LogP contribution is -2.48. The van der Waals surface area contributed by atoms with Crippen LogP contribution < -0.4 is 0 Å². The molecule has 0 radical (unpaired) electrons. The van der Waals surface area contributed by atoms with Gasteiger partial charge in [0, 0.05) is 43.3 Å². The molecule has 0 bridgehead atoms. The number of piperidine rings is 1. The number of amides is 1. The Morgan fingerprint density at radius 3 is 2.47 bits per heavy atom. The van der Waals surface area contributed by atoms with Crippen LogP contribution in [-0.2, 0) is 20.4 Å². The fraction of sp³-hybridized carbons (Fsp3) is 0.458. The minimum absolute atomic E-state index is 0.0875. The summed E-state index contributed by atoms with van der Waals surface area (Å²) in [5, 5.41) is 10.7. The molecule has 0 atom stereocenters. The molecule has 3 aromatic rings. The second kappa shape index (κ2) is 9.10. The Hall–Kier alpha value is -3.07. The van der Waals surface area contributed by atoms with Crippen LogP contribution in [0.3, 0.4) is 0 Å². The number of halogens is 1. The highest BCUT2D eigenvalue weighted by atomic mass is 35.5. The van der Waals surface area contributed by atoms with E-state index in [1.807, 2.05) is 0 Å². The van der Waals surface area contributed by atoms with Gasteiger partial charge in [0.15, 0.2) is 0 Å². The van der Waals surface area contributed by atoms with E-state index in [-0.39, 0.29) is 37.3 Å². The maximum Gasteiger partial charge on any atom is 0.410 e. The van der Waals surface area contributed by atoms with E-state index in [1.165, 1.54) is 37.6 Å². The minimum atomic E-state index is -4.10. The first-order valence-corrected chi connectivity index (χ1v) is 13.1. The summed E-state index contributed by atoms with van der Waals surface area (Å²) in [5.41, 5.74) is -0.0267. The molecule has 2 aromatic heterocycles. The van der Waals surface area contributed by atoms with Gasteiger partial charge in [-0.1, -0.05) is 11.6 Å². The fourth-order valence-electron chi connectivity index (χ4n) is 4.24. The first-order valence-electron chi connectivity index (χ1n) is 11.4. The monoisotopic (exact) mass is 533 g/mol. The number of carbonyl (C=O) groups is 1. The summed E-state index contributed by atoms with van der Waals surface area (Å²) in [7, 11) is -1.27. The molecule has 0 aliphatic carbocycles. The SMILES string of the molecule is CN(C)S(=O)(=O)n1c(C2(C#N)CCN(C(=O)OC(C)(C)C)CC2)nc2c(-c3ccoc3)cc(Cl)cc21. The van der Waals surface area contributed by atoms with E-state index >= 15 is 0 Å². The third kappa shape index (κ3) is 4.56. The van der Waals surface area contributed by atoms with Crippen molar-refractivity contribution in [3.63, 3.8) is 0 Å². The highest BCUT2D eigenvalue weighted by molar-refractivity contribution is 7.87. The lowest BCUT2D eigenvalue weighted by molar-refractivity contribution is 0.0182. The van der Waals surface area contributed by atoms with Crippen molar-refractivity contribution in [1.82, 2.24) is 18.2 Å². The number of hydrogen-bond acceptors (Lipinski definition) is 7. The van der Waals surface area contributed by atoms with Crippen LogP contribution >= 0.6 is 11.6 Å². The van der Waals surface area contributed by atoms with Gasteiger partial charge in [0.1, 0.15) is 16.8 Å². The quantitative estimate of drug-likeness (QED) is 0.487. The van der Waals surface area contributed by atoms with Crippen molar-refractivity contribution in [3.8, 4) is 17.2 Å². The van der Waals surface area contributed by atoms with Crippen LogP contribution in [0.5, 0.6) is 0 Å². The summed E-state index contributed by atoms with van der Waals surface area (Å²) in [4.78, 5) is 18.9. The standard InChI is InChI=1S/C24H28ClN5O5S/c1-23(2,3)35-22(31)29-9-7-24(15-26,8-10-29)21-27-20-18(16-6-11-34-14-16)12-17(25)13-19(20)30(21)36(32,33)28(4)5/h6,11-14H,7-10H2,1-5H3. The zero-order valence-electron chi connectivity index (χ0n) is 20.8. The van der Waals surface area contributed by atoms with Gasteiger partial charge in [-0.15, -0.1) is 0 Å². The Balaban J connectivity index is 1.88. The van der Waals surface area contributed by atoms with E-state index in [0.29, 0.717) is 21.7 Å². The highest BCUT2D eigenvalue weighted by Crippen LogP contribution is 2.40. The molecule has 1 aliphatic heterocycles. The lowest BCUT2D eigenvalue weighted by atomic mass is 9.79. The summed E-state index contributed by atoms with van der Waals surface area (Å²) in [6.45, 7) is 5.77. The molecule has 0 saturated carbocycles. The number of fused-ring (bicyclic) bond motifs is 1. The molecule has 0 unspecified atom stereocenters. The van der Waals surface area contributed by atoms with Gasteiger partial charge < -0.3 is 14.1 Å². The predicted octanol–water partition coefficient (Wildman–Crippen LogP) is 4.40. The van der Waals surface area contributed by atoms with Crippen LogP contribution in [0.15, 0.2) is 35.1 Å². The van der Waals surface area contributed by atoms with Crippen LogP contribution in [0, 0.1) is 11.3 Å². The first kappa shape index (κ1) is 26.0. The van der Waals surface area contributed by atoms with Crippen LogP contribution in [0.1, 0.15) is 39.4 Å².